The van der Waals surface area contributed by atoms with Gasteiger partial charge in [-0.05, 0) is 80.4 Å². The molecule has 1 unspecified atom stereocenters. The summed E-state index contributed by atoms with van der Waals surface area (Å²) in [6, 6.07) is 16.4. The third-order valence-corrected chi connectivity index (χ3v) is 6.06. The number of nitrogens with zero attached hydrogens (tertiary/aromatic N) is 1. The number of carbonyl (C=O) groups is 1. The molecule has 1 heterocycles. The van der Waals surface area contributed by atoms with Gasteiger partial charge in [0.15, 0.2) is 0 Å². The topological polar surface area (TPSA) is 88.2 Å². The maximum atomic E-state index is 12.6. The van der Waals surface area contributed by atoms with Crippen molar-refractivity contribution in [3.05, 3.63) is 89.2 Å². The molecule has 1 atom stereocenters. The highest BCUT2D eigenvalue weighted by Crippen LogP contribution is 2.20. The Balaban J connectivity index is 1.71. The Morgan fingerprint density at radius 1 is 0.966 bits per heavy atom. The van der Waals surface area contributed by atoms with Crippen molar-refractivity contribution in [1.29, 1.82) is 0 Å². The highest BCUT2D eigenvalue weighted by atomic mass is 32.2. The number of rotatable bonds is 6. The number of hydrogen-bond acceptors (Lipinski definition) is 4. The van der Waals surface area contributed by atoms with Crippen LogP contribution in [0.15, 0.2) is 71.8 Å². The average molecular weight is 410 g/mol. The van der Waals surface area contributed by atoms with E-state index in [9.17, 15) is 13.2 Å². The summed E-state index contributed by atoms with van der Waals surface area (Å²) in [7, 11) is -3.74. The van der Waals surface area contributed by atoms with Crippen LogP contribution in [0.4, 0.5) is 5.69 Å². The summed E-state index contributed by atoms with van der Waals surface area (Å²) in [6.45, 7) is 5.73. The number of benzene rings is 2. The lowest BCUT2D eigenvalue weighted by Crippen LogP contribution is -2.27. The standard InChI is InChI=1S/C22H23N3O3S/c1-15-7-10-19(14-16(15)2)25-29(27,28)20-11-8-18(9-12-20)22(26)24-17(3)21-6-4-5-13-23-21/h4-14,17,25H,1-3H3,(H,24,26). The molecule has 0 aliphatic carbocycles. The predicted molar refractivity (Wildman–Crippen MR) is 113 cm³/mol. The Morgan fingerprint density at radius 3 is 2.31 bits per heavy atom. The van der Waals surface area contributed by atoms with Crippen LogP contribution in [0.3, 0.4) is 0 Å². The van der Waals surface area contributed by atoms with Crippen LogP contribution in [0, 0.1) is 13.8 Å². The Kier molecular flexibility index (Phi) is 5.98. The Morgan fingerprint density at radius 2 is 1.69 bits per heavy atom. The number of anilines is 1. The van der Waals surface area contributed by atoms with Crippen molar-refractivity contribution in [3.63, 3.8) is 0 Å². The number of aromatic nitrogens is 1. The summed E-state index contributed by atoms with van der Waals surface area (Å²) in [5.41, 5.74) is 3.71. The first kappa shape index (κ1) is 20.5. The summed E-state index contributed by atoms with van der Waals surface area (Å²) in [5, 5.41) is 2.86. The molecule has 2 aromatic carbocycles. The van der Waals surface area contributed by atoms with Crippen LogP contribution < -0.4 is 10.0 Å². The second kappa shape index (κ2) is 8.45. The molecule has 6 nitrogen and oxygen atoms in total. The zero-order chi connectivity index (χ0) is 21.0. The second-order valence-electron chi connectivity index (χ2n) is 6.88. The Bertz CT molecular complexity index is 1110. The van der Waals surface area contributed by atoms with Gasteiger partial charge in [0.05, 0.1) is 16.6 Å². The summed E-state index contributed by atoms with van der Waals surface area (Å²) in [5.74, 6) is -0.297. The molecule has 1 amide bonds. The van der Waals surface area contributed by atoms with E-state index in [-0.39, 0.29) is 16.8 Å². The van der Waals surface area contributed by atoms with E-state index in [2.05, 4.69) is 15.0 Å². The van der Waals surface area contributed by atoms with Gasteiger partial charge in [0.25, 0.3) is 15.9 Å². The van der Waals surface area contributed by atoms with Crippen LogP contribution >= 0.6 is 0 Å². The van der Waals surface area contributed by atoms with Gasteiger partial charge in [-0.15, -0.1) is 0 Å². The van der Waals surface area contributed by atoms with Gasteiger partial charge in [-0.25, -0.2) is 8.42 Å². The van der Waals surface area contributed by atoms with Crippen molar-refractivity contribution in [2.75, 3.05) is 4.72 Å². The summed E-state index contributed by atoms with van der Waals surface area (Å²) >= 11 is 0. The minimum Gasteiger partial charge on any atom is -0.344 e. The fraction of sp³-hybridized carbons (Fsp3) is 0.182. The normalized spacial score (nSPS) is 12.2. The Hall–Kier alpha value is -3.19. The molecule has 150 valence electrons. The monoisotopic (exact) mass is 409 g/mol. The number of amides is 1. The van der Waals surface area contributed by atoms with Gasteiger partial charge in [-0.2, -0.15) is 0 Å². The van der Waals surface area contributed by atoms with Gasteiger partial charge in [-0.1, -0.05) is 12.1 Å². The van der Waals surface area contributed by atoms with E-state index in [1.807, 2.05) is 45.0 Å². The van der Waals surface area contributed by atoms with E-state index in [1.165, 1.54) is 24.3 Å². The van der Waals surface area contributed by atoms with Crippen molar-refractivity contribution >= 4 is 21.6 Å². The lowest BCUT2D eigenvalue weighted by atomic mass is 10.1. The van der Waals surface area contributed by atoms with E-state index in [1.54, 1.807) is 18.3 Å². The highest BCUT2D eigenvalue weighted by molar-refractivity contribution is 7.92. The smallest absolute Gasteiger partial charge is 0.261 e. The maximum absolute atomic E-state index is 12.6. The van der Waals surface area contributed by atoms with E-state index in [0.717, 1.165) is 16.8 Å². The second-order valence-corrected chi connectivity index (χ2v) is 8.56. The minimum absolute atomic E-state index is 0.0880. The first-order valence-electron chi connectivity index (χ1n) is 9.18. The molecule has 29 heavy (non-hydrogen) atoms. The molecule has 3 rings (SSSR count). The van der Waals surface area contributed by atoms with Crippen LogP contribution in [0.25, 0.3) is 0 Å². The predicted octanol–water partition coefficient (Wildman–Crippen LogP) is 3.99. The Labute approximate surface area is 171 Å². The van der Waals surface area contributed by atoms with Crippen molar-refractivity contribution in [1.82, 2.24) is 10.3 Å². The summed E-state index contributed by atoms with van der Waals surface area (Å²) in [6.07, 6.45) is 1.67. The SMILES string of the molecule is Cc1ccc(NS(=O)(=O)c2ccc(C(=O)NC(C)c3ccccn3)cc2)cc1C. The number of nitrogens with one attached hydrogen (secondary N) is 2. The van der Waals surface area contributed by atoms with Crippen LogP contribution in [0.1, 0.15) is 40.1 Å². The highest BCUT2D eigenvalue weighted by Gasteiger charge is 2.17. The molecule has 0 radical (unpaired) electrons. The number of aryl methyl sites for hydroxylation is 2. The van der Waals surface area contributed by atoms with Gasteiger partial charge in [0.2, 0.25) is 0 Å². The molecule has 0 spiro atoms. The number of sulfonamides is 1. The molecule has 0 bridgehead atoms. The van der Waals surface area contributed by atoms with Crippen LogP contribution in [0.5, 0.6) is 0 Å². The molecule has 0 fully saturated rings. The van der Waals surface area contributed by atoms with Gasteiger partial charge in [-0.3, -0.25) is 14.5 Å². The lowest BCUT2D eigenvalue weighted by molar-refractivity contribution is 0.0939. The van der Waals surface area contributed by atoms with Crippen LogP contribution in [-0.4, -0.2) is 19.3 Å². The molecular weight excluding hydrogens is 386 g/mol. The van der Waals surface area contributed by atoms with Crippen LogP contribution in [0.2, 0.25) is 0 Å². The molecule has 0 aliphatic rings. The van der Waals surface area contributed by atoms with E-state index in [4.69, 9.17) is 0 Å². The van der Waals surface area contributed by atoms with Gasteiger partial charge in [0.1, 0.15) is 0 Å². The number of carbonyl (C=O) groups excluding carboxylic acids is 1. The number of hydrogen-bond donors (Lipinski definition) is 2. The first-order chi connectivity index (χ1) is 13.8. The number of pyridine rings is 1. The molecule has 7 heteroatoms. The third-order valence-electron chi connectivity index (χ3n) is 4.66. The molecule has 3 aromatic rings. The fourth-order valence-electron chi connectivity index (χ4n) is 2.79. The minimum atomic E-state index is -3.74. The van der Waals surface area contributed by atoms with Gasteiger partial charge < -0.3 is 5.32 Å². The maximum Gasteiger partial charge on any atom is 0.261 e. The van der Waals surface area contributed by atoms with Gasteiger partial charge >= 0.3 is 0 Å². The molecule has 0 saturated carbocycles. The van der Waals surface area contributed by atoms with Crippen molar-refractivity contribution in [2.24, 2.45) is 0 Å². The molecule has 0 saturated heterocycles. The summed E-state index contributed by atoms with van der Waals surface area (Å²) in [4.78, 5) is 16.8. The fourth-order valence-corrected chi connectivity index (χ4v) is 3.84. The zero-order valence-electron chi connectivity index (χ0n) is 16.5. The zero-order valence-corrected chi connectivity index (χ0v) is 17.3. The largest absolute Gasteiger partial charge is 0.344 e. The average Bonchev–Trinajstić information content (AvgIpc) is 2.71. The van der Waals surface area contributed by atoms with Crippen molar-refractivity contribution in [2.45, 2.75) is 31.7 Å². The van der Waals surface area contributed by atoms with E-state index < -0.39 is 10.0 Å². The lowest BCUT2D eigenvalue weighted by Gasteiger charge is -2.14. The van der Waals surface area contributed by atoms with Crippen LogP contribution in [-0.2, 0) is 10.0 Å². The quantitative estimate of drug-likeness (QED) is 0.644. The van der Waals surface area contributed by atoms with Crippen molar-refractivity contribution < 1.29 is 13.2 Å². The molecular formula is C22H23N3O3S. The first-order valence-corrected chi connectivity index (χ1v) is 10.7. The molecule has 2 N–H and O–H groups in total. The summed E-state index contributed by atoms with van der Waals surface area (Å²) < 4.78 is 27.8. The van der Waals surface area contributed by atoms with Crippen molar-refractivity contribution in [3.8, 4) is 0 Å². The molecule has 1 aromatic heterocycles. The van der Waals surface area contributed by atoms with Gasteiger partial charge in [0, 0.05) is 17.4 Å². The third kappa shape index (κ3) is 5.00. The van der Waals surface area contributed by atoms with E-state index in [0.29, 0.717) is 11.3 Å². The molecule has 0 aliphatic heterocycles. The van der Waals surface area contributed by atoms with E-state index >= 15 is 0 Å².